The summed E-state index contributed by atoms with van der Waals surface area (Å²) < 4.78 is 0. The van der Waals surface area contributed by atoms with Crippen LogP contribution in [0.4, 0.5) is 0 Å². The van der Waals surface area contributed by atoms with Gasteiger partial charge in [-0.15, -0.1) is 12.4 Å². The van der Waals surface area contributed by atoms with Gasteiger partial charge in [0.25, 0.3) is 0 Å². The molecule has 0 spiro atoms. The first-order chi connectivity index (χ1) is 5.29. The van der Waals surface area contributed by atoms with E-state index in [-0.39, 0.29) is 18.3 Å². The fourth-order valence-corrected chi connectivity index (χ4v) is 0.912. The van der Waals surface area contributed by atoms with Gasteiger partial charge in [0.1, 0.15) is 0 Å². The van der Waals surface area contributed by atoms with E-state index in [4.69, 9.17) is 5.73 Å². The summed E-state index contributed by atoms with van der Waals surface area (Å²) in [6.07, 6.45) is 1.18. The van der Waals surface area contributed by atoms with Crippen LogP contribution in [0.5, 0.6) is 0 Å². The Hall–Kier alpha value is -1.02. The zero-order chi connectivity index (χ0) is 8.10. The lowest BCUT2D eigenvalue weighted by Gasteiger charge is -1.96. The summed E-state index contributed by atoms with van der Waals surface area (Å²) in [5.74, 6) is -0.242. The quantitative estimate of drug-likeness (QED) is 0.763. The van der Waals surface area contributed by atoms with Gasteiger partial charge in [0.15, 0.2) is 0 Å². The van der Waals surface area contributed by atoms with Gasteiger partial charge in [-0.3, -0.25) is 4.79 Å². The molecule has 0 atom stereocenters. The lowest BCUT2D eigenvalue weighted by Crippen LogP contribution is -2.10. The van der Waals surface area contributed by atoms with Crippen LogP contribution in [0.2, 0.25) is 0 Å². The summed E-state index contributed by atoms with van der Waals surface area (Å²) in [6.45, 7) is 0. The van der Waals surface area contributed by atoms with Crippen molar-refractivity contribution in [3.63, 3.8) is 0 Å². The second-order valence-electron chi connectivity index (χ2n) is 2.45. The molecule has 0 bridgehead atoms. The third kappa shape index (κ3) is 3.98. The predicted octanol–water partition coefficient (Wildman–Crippen LogP) is 1.53. The van der Waals surface area contributed by atoms with Crippen LogP contribution in [0, 0.1) is 0 Å². The van der Waals surface area contributed by atoms with Gasteiger partial charge in [-0.05, 0) is 12.0 Å². The Balaban J connectivity index is 0.00000121. The summed E-state index contributed by atoms with van der Waals surface area (Å²) in [5.41, 5.74) is 6.16. The van der Waals surface area contributed by atoms with Crippen LogP contribution in [0.25, 0.3) is 0 Å². The minimum Gasteiger partial charge on any atom is -0.370 e. The van der Waals surface area contributed by atoms with E-state index >= 15 is 0 Å². The molecule has 2 N–H and O–H groups in total. The van der Waals surface area contributed by atoms with Crippen molar-refractivity contribution in [2.24, 2.45) is 5.73 Å². The number of carbonyl (C=O) groups excluding carboxylic acids is 1. The number of aryl methyl sites for hydroxylation is 1. The lowest BCUT2D eigenvalue weighted by atomic mass is 10.1. The van der Waals surface area contributed by atoms with Crippen molar-refractivity contribution in [2.45, 2.75) is 12.8 Å². The number of benzene rings is 1. The Morgan fingerprint density at radius 3 is 2.33 bits per heavy atom. The molecule has 0 fully saturated rings. The molecule has 0 aromatic heterocycles. The van der Waals surface area contributed by atoms with Crippen LogP contribution in [-0.2, 0) is 11.2 Å². The molecule has 1 aromatic carbocycles. The highest BCUT2D eigenvalue weighted by Gasteiger charge is 1.94. The van der Waals surface area contributed by atoms with Crippen molar-refractivity contribution in [1.82, 2.24) is 0 Å². The third-order valence-corrected chi connectivity index (χ3v) is 1.50. The maximum atomic E-state index is 10.4. The SMILES string of the molecule is Cl.NC(=O)CCc1ccccc1. The van der Waals surface area contributed by atoms with Crippen molar-refractivity contribution >= 4 is 18.3 Å². The smallest absolute Gasteiger partial charge is 0.217 e. The summed E-state index contributed by atoms with van der Waals surface area (Å²) >= 11 is 0. The second-order valence-corrected chi connectivity index (χ2v) is 2.45. The topological polar surface area (TPSA) is 43.1 Å². The lowest BCUT2D eigenvalue weighted by molar-refractivity contribution is -0.117. The molecule has 0 aliphatic carbocycles. The molecule has 0 heterocycles. The number of rotatable bonds is 3. The van der Waals surface area contributed by atoms with Gasteiger partial charge < -0.3 is 5.73 Å². The first-order valence-electron chi connectivity index (χ1n) is 3.61. The molecule has 1 rings (SSSR count). The van der Waals surface area contributed by atoms with Gasteiger partial charge in [0, 0.05) is 6.42 Å². The fourth-order valence-electron chi connectivity index (χ4n) is 0.912. The molecular formula is C9H12ClNO. The van der Waals surface area contributed by atoms with E-state index in [2.05, 4.69) is 0 Å². The Labute approximate surface area is 78.2 Å². The van der Waals surface area contributed by atoms with Crippen LogP contribution in [0.1, 0.15) is 12.0 Å². The van der Waals surface area contributed by atoms with Crippen molar-refractivity contribution < 1.29 is 4.79 Å². The molecule has 0 radical (unpaired) electrons. The normalized spacial score (nSPS) is 8.67. The van der Waals surface area contributed by atoms with E-state index in [1.807, 2.05) is 30.3 Å². The summed E-state index contributed by atoms with van der Waals surface area (Å²) in [4.78, 5) is 10.4. The second kappa shape index (κ2) is 5.61. The van der Waals surface area contributed by atoms with E-state index in [1.165, 1.54) is 0 Å². The minimum atomic E-state index is -0.242. The van der Waals surface area contributed by atoms with Gasteiger partial charge in [-0.1, -0.05) is 30.3 Å². The van der Waals surface area contributed by atoms with E-state index in [1.54, 1.807) is 0 Å². The molecule has 0 saturated heterocycles. The highest BCUT2D eigenvalue weighted by atomic mass is 35.5. The van der Waals surface area contributed by atoms with E-state index in [0.717, 1.165) is 12.0 Å². The van der Waals surface area contributed by atoms with Crippen LogP contribution in [0.3, 0.4) is 0 Å². The Kier molecular flexibility index (Phi) is 5.13. The molecular weight excluding hydrogens is 174 g/mol. The number of hydrogen-bond donors (Lipinski definition) is 1. The van der Waals surface area contributed by atoms with Gasteiger partial charge in [-0.25, -0.2) is 0 Å². The molecule has 0 unspecified atom stereocenters. The minimum absolute atomic E-state index is 0. The predicted molar refractivity (Wildman–Crippen MR) is 51.2 cm³/mol. The number of nitrogens with two attached hydrogens (primary N) is 1. The summed E-state index contributed by atoms with van der Waals surface area (Å²) in [7, 11) is 0. The van der Waals surface area contributed by atoms with Crippen LogP contribution in [0.15, 0.2) is 30.3 Å². The standard InChI is InChI=1S/C9H11NO.ClH/c10-9(11)7-6-8-4-2-1-3-5-8;/h1-5H,6-7H2,(H2,10,11);1H. The zero-order valence-electron chi connectivity index (χ0n) is 6.69. The Morgan fingerprint density at radius 2 is 1.83 bits per heavy atom. The molecule has 0 saturated carbocycles. The first-order valence-corrected chi connectivity index (χ1v) is 3.61. The molecule has 1 amide bonds. The molecule has 1 aromatic rings. The number of halogens is 1. The van der Waals surface area contributed by atoms with Gasteiger partial charge in [0.05, 0.1) is 0 Å². The van der Waals surface area contributed by atoms with Gasteiger partial charge >= 0.3 is 0 Å². The zero-order valence-corrected chi connectivity index (χ0v) is 7.51. The Morgan fingerprint density at radius 1 is 1.25 bits per heavy atom. The van der Waals surface area contributed by atoms with E-state index in [9.17, 15) is 4.79 Å². The van der Waals surface area contributed by atoms with Crippen molar-refractivity contribution in [2.75, 3.05) is 0 Å². The van der Waals surface area contributed by atoms with Crippen molar-refractivity contribution in [3.05, 3.63) is 35.9 Å². The number of primary amides is 1. The van der Waals surface area contributed by atoms with Crippen LogP contribution in [-0.4, -0.2) is 5.91 Å². The van der Waals surface area contributed by atoms with Crippen molar-refractivity contribution in [1.29, 1.82) is 0 Å². The fraction of sp³-hybridized carbons (Fsp3) is 0.222. The summed E-state index contributed by atoms with van der Waals surface area (Å²) in [6, 6.07) is 9.84. The maximum absolute atomic E-state index is 10.4. The Bertz CT molecular complexity index is 236. The maximum Gasteiger partial charge on any atom is 0.217 e. The number of carbonyl (C=O) groups is 1. The van der Waals surface area contributed by atoms with Gasteiger partial charge in [-0.2, -0.15) is 0 Å². The highest BCUT2D eigenvalue weighted by molar-refractivity contribution is 5.85. The summed E-state index contributed by atoms with van der Waals surface area (Å²) in [5, 5.41) is 0. The molecule has 12 heavy (non-hydrogen) atoms. The molecule has 0 aliphatic heterocycles. The largest absolute Gasteiger partial charge is 0.370 e. The molecule has 2 nitrogen and oxygen atoms in total. The number of hydrogen-bond acceptors (Lipinski definition) is 1. The van der Waals surface area contributed by atoms with E-state index in [0.29, 0.717) is 6.42 Å². The van der Waals surface area contributed by atoms with Crippen LogP contribution < -0.4 is 5.73 Å². The molecule has 66 valence electrons. The molecule has 3 heteroatoms. The van der Waals surface area contributed by atoms with Crippen molar-refractivity contribution in [3.8, 4) is 0 Å². The first kappa shape index (κ1) is 11.0. The third-order valence-electron chi connectivity index (χ3n) is 1.50. The number of amides is 1. The molecule has 0 aliphatic rings. The van der Waals surface area contributed by atoms with Gasteiger partial charge in [0.2, 0.25) is 5.91 Å². The monoisotopic (exact) mass is 185 g/mol. The van der Waals surface area contributed by atoms with E-state index < -0.39 is 0 Å². The average molecular weight is 186 g/mol. The average Bonchev–Trinajstić information content (AvgIpc) is 2.03. The van der Waals surface area contributed by atoms with Crippen LogP contribution >= 0.6 is 12.4 Å². The highest BCUT2D eigenvalue weighted by Crippen LogP contribution is 2.00.